The predicted molar refractivity (Wildman–Crippen MR) is 115 cm³/mol. The van der Waals surface area contributed by atoms with Crippen molar-refractivity contribution in [2.24, 2.45) is 0 Å². The number of carbonyl (C=O) groups is 1. The van der Waals surface area contributed by atoms with Crippen LogP contribution >= 0.6 is 0 Å². The molecule has 0 radical (unpaired) electrons. The molecule has 0 N–H and O–H groups in total. The maximum Gasteiger partial charge on any atom is 0.185 e. The van der Waals surface area contributed by atoms with Crippen LogP contribution in [0.5, 0.6) is 0 Å². The number of allylic oxidation sites excluding steroid dienone is 1. The molecule has 140 valence electrons. The molecule has 3 aromatic rings. The summed E-state index contributed by atoms with van der Waals surface area (Å²) in [6.45, 7) is 5.52. The Labute approximate surface area is 166 Å². The van der Waals surface area contributed by atoms with Crippen molar-refractivity contribution in [3.63, 3.8) is 0 Å². The Balaban J connectivity index is 0.000000221. The van der Waals surface area contributed by atoms with E-state index in [0.717, 1.165) is 12.0 Å². The van der Waals surface area contributed by atoms with Gasteiger partial charge in [0.05, 0.1) is 0 Å². The summed E-state index contributed by atoms with van der Waals surface area (Å²) in [6, 6.07) is 22.2. The number of halogens is 1. The zero-order chi connectivity index (χ0) is 20.4. The molecule has 0 atom stereocenters. The lowest BCUT2D eigenvalue weighted by atomic mass is 10.0. The maximum atomic E-state index is 12.3. The molecule has 0 saturated carbocycles. The topological polar surface area (TPSA) is 17.1 Å². The molecule has 0 aliphatic rings. The molecule has 1 nitrogen and oxygen atoms in total. The van der Waals surface area contributed by atoms with Crippen molar-refractivity contribution in [3.8, 4) is 23.5 Å². The Morgan fingerprint density at radius 2 is 1.50 bits per heavy atom. The van der Waals surface area contributed by atoms with Crippen LogP contribution in [0.15, 0.2) is 85.5 Å². The number of hydrogen-bond donors (Lipinski definition) is 0. The van der Waals surface area contributed by atoms with Crippen LogP contribution in [0.1, 0.15) is 34.8 Å². The molecule has 0 unspecified atom stereocenters. The van der Waals surface area contributed by atoms with Crippen molar-refractivity contribution in [2.45, 2.75) is 19.8 Å². The smallest absolute Gasteiger partial charge is 0.185 e. The number of benzene rings is 3. The molecule has 0 amide bonds. The highest BCUT2D eigenvalue weighted by molar-refractivity contribution is 6.04. The zero-order valence-electron chi connectivity index (χ0n) is 16.0. The maximum absolute atomic E-state index is 12.3. The first-order valence-corrected chi connectivity index (χ1v) is 9.15. The first-order valence-electron chi connectivity index (χ1n) is 9.15. The number of aryl methyl sites for hydroxylation is 1. The predicted octanol–water partition coefficient (Wildman–Crippen LogP) is 6.48. The molecule has 3 aromatic carbocycles. The van der Waals surface area contributed by atoms with Gasteiger partial charge in [-0.05, 0) is 65.6 Å². The van der Waals surface area contributed by atoms with Gasteiger partial charge in [-0.25, -0.2) is 4.39 Å². The summed E-state index contributed by atoms with van der Waals surface area (Å²) >= 11 is 0. The second-order valence-corrected chi connectivity index (χ2v) is 6.24. The number of hydrogen-bond acceptors (Lipinski definition) is 1. The Hall–Kier alpha value is -3.44. The lowest BCUT2D eigenvalue weighted by Gasteiger charge is -2.04. The fourth-order valence-corrected chi connectivity index (χ4v) is 2.64. The second-order valence-electron chi connectivity index (χ2n) is 6.24. The van der Waals surface area contributed by atoms with Gasteiger partial charge in [0, 0.05) is 11.1 Å². The van der Waals surface area contributed by atoms with Gasteiger partial charge in [-0.2, -0.15) is 0 Å². The van der Waals surface area contributed by atoms with Gasteiger partial charge in [-0.15, -0.1) is 6.42 Å². The number of terminal acetylenes is 1. The third-order valence-corrected chi connectivity index (χ3v) is 4.19. The summed E-state index contributed by atoms with van der Waals surface area (Å²) in [5.74, 6) is 2.10. The lowest BCUT2D eigenvalue weighted by molar-refractivity contribution is 0.104. The van der Waals surface area contributed by atoms with Gasteiger partial charge in [-0.1, -0.05) is 62.2 Å². The number of ketones is 1. The van der Waals surface area contributed by atoms with Gasteiger partial charge in [0.2, 0.25) is 0 Å². The van der Waals surface area contributed by atoms with E-state index in [1.54, 1.807) is 0 Å². The first-order chi connectivity index (χ1) is 13.6. The van der Waals surface area contributed by atoms with Gasteiger partial charge < -0.3 is 0 Å². The zero-order valence-corrected chi connectivity index (χ0v) is 16.0. The van der Waals surface area contributed by atoms with Crippen LogP contribution in [0.4, 0.5) is 4.39 Å². The van der Waals surface area contributed by atoms with Crippen molar-refractivity contribution < 1.29 is 9.18 Å². The van der Waals surface area contributed by atoms with E-state index in [0.29, 0.717) is 5.56 Å². The van der Waals surface area contributed by atoms with Crippen LogP contribution < -0.4 is 0 Å². The lowest BCUT2D eigenvalue weighted by Crippen LogP contribution is -1.92. The first kappa shape index (κ1) is 20.9. The molecule has 0 saturated heterocycles. The van der Waals surface area contributed by atoms with E-state index in [1.807, 2.05) is 12.1 Å². The van der Waals surface area contributed by atoms with Gasteiger partial charge in [0.25, 0.3) is 0 Å². The molecule has 0 aliphatic heterocycles. The van der Waals surface area contributed by atoms with E-state index in [9.17, 15) is 9.18 Å². The molecule has 0 aromatic heterocycles. The quantitative estimate of drug-likeness (QED) is 0.285. The van der Waals surface area contributed by atoms with Crippen LogP contribution in [-0.4, -0.2) is 5.78 Å². The standard InChI is InChI=1S/C17H16.C9H7FO/c1-3-5-15-8-12-17(13-9-15)16-10-6-14(4-2)7-11-16;1-2-9(11)7-3-5-8(10)6-4-7/h2,6-13H,3,5H2,1H3;2-6H,1H2. The van der Waals surface area contributed by atoms with Crippen molar-refractivity contribution in [3.05, 3.63) is 108 Å². The van der Waals surface area contributed by atoms with E-state index in [2.05, 4.69) is 55.8 Å². The van der Waals surface area contributed by atoms with Crippen LogP contribution in [-0.2, 0) is 6.42 Å². The van der Waals surface area contributed by atoms with Crippen molar-refractivity contribution in [1.29, 1.82) is 0 Å². The van der Waals surface area contributed by atoms with Gasteiger partial charge >= 0.3 is 0 Å². The highest BCUT2D eigenvalue weighted by atomic mass is 19.1. The van der Waals surface area contributed by atoms with Gasteiger partial charge in [0.1, 0.15) is 5.82 Å². The van der Waals surface area contributed by atoms with Crippen molar-refractivity contribution >= 4 is 5.78 Å². The molecule has 0 fully saturated rings. The number of rotatable bonds is 5. The summed E-state index contributed by atoms with van der Waals surface area (Å²) in [6.07, 6.45) is 8.88. The average Bonchev–Trinajstić information content (AvgIpc) is 2.75. The molecule has 0 spiro atoms. The summed E-state index contributed by atoms with van der Waals surface area (Å²) in [5, 5.41) is 0. The molecule has 0 bridgehead atoms. The minimum atomic E-state index is -0.342. The molecule has 3 rings (SSSR count). The highest BCUT2D eigenvalue weighted by Gasteiger charge is 1.99. The van der Waals surface area contributed by atoms with E-state index in [1.165, 1.54) is 53.5 Å². The second kappa shape index (κ2) is 10.6. The molecule has 28 heavy (non-hydrogen) atoms. The fourth-order valence-electron chi connectivity index (χ4n) is 2.64. The Morgan fingerprint density at radius 3 is 1.96 bits per heavy atom. The Bertz CT molecular complexity index is 943. The summed E-state index contributed by atoms with van der Waals surface area (Å²) < 4.78 is 12.3. The van der Waals surface area contributed by atoms with Gasteiger partial charge in [0.15, 0.2) is 5.78 Å². The van der Waals surface area contributed by atoms with Crippen LogP contribution in [0, 0.1) is 18.2 Å². The van der Waals surface area contributed by atoms with E-state index >= 15 is 0 Å². The van der Waals surface area contributed by atoms with E-state index in [4.69, 9.17) is 6.42 Å². The van der Waals surface area contributed by atoms with Crippen LogP contribution in [0.25, 0.3) is 11.1 Å². The monoisotopic (exact) mass is 370 g/mol. The Kier molecular flexibility index (Phi) is 7.93. The van der Waals surface area contributed by atoms with Gasteiger partial charge in [-0.3, -0.25) is 4.79 Å². The van der Waals surface area contributed by atoms with E-state index in [-0.39, 0.29) is 11.6 Å². The summed E-state index contributed by atoms with van der Waals surface area (Å²) in [7, 11) is 0. The summed E-state index contributed by atoms with van der Waals surface area (Å²) in [4.78, 5) is 10.9. The Morgan fingerprint density at radius 1 is 0.964 bits per heavy atom. The molecule has 2 heteroatoms. The van der Waals surface area contributed by atoms with Crippen LogP contribution in [0.3, 0.4) is 0 Å². The van der Waals surface area contributed by atoms with Crippen molar-refractivity contribution in [2.75, 3.05) is 0 Å². The normalized spacial score (nSPS) is 9.61. The van der Waals surface area contributed by atoms with Crippen LogP contribution in [0.2, 0.25) is 0 Å². The molecule has 0 heterocycles. The molecular weight excluding hydrogens is 347 g/mol. The van der Waals surface area contributed by atoms with E-state index < -0.39 is 0 Å². The summed E-state index contributed by atoms with van der Waals surface area (Å²) in [5.41, 5.74) is 5.25. The minimum Gasteiger partial charge on any atom is -0.289 e. The number of carbonyl (C=O) groups excluding carboxylic acids is 1. The fraction of sp³-hybridized carbons (Fsp3) is 0.115. The third kappa shape index (κ3) is 6.07. The highest BCUT2D eigenvalue weighted by Crippen LogP contribution is 2.20. The molecular formula is C26H23FO. The third-order valence-electron chi connectivity index (χ3n) is 4.19. The minimum absolute atomic E-state index is 0.190. The SMILES string of the molecule is C#Cc1ccc(-c2ccc(CCC)cc2)cc1.C=CC(=O)c1ccc(F)cc1. The van der Waals surface area contributed by atoms with Crippen molar-refractivity contribution in [1.82, 2.24) is 0 Å². The molecule has 0 aliphatic carbocycles. The largest absolute Gasteiger partial charge is 0.289 e. The average molecular weight is 370 g/mol.